The smallest absolute Gasteiger partial charge is 0.240 e. The number of amides is 1. The molecule has 1 unspecified atom stereocenters. The van der Waals surface area contributed by atoms with Gasteiger partial charge in [-0.25, -0.2) is 9.97 Å². The lowest BCUT2D eigenvalue weighted by atomic mass is 10.0. The average Bonchev–Trinajstić information content (AvgIpc) is 2.66. The number of hydrogen-bond donors (Lipinski definition) is 0. The fourth-order valence-electron chi connectivity index (χ4n) is 3.45. The average molecular weight is 363 g/mol. The first-order valence-electron chi connectivity index (χ1n) is 8.93. The first-order valence-corrected chi connectivity index (χ1v) is 9.81. The van der Waals surface area contributed by atoms with Crippen LogP contribution in [0.4, 0.5) is 5.69 Å². The maximum atomic E-state index is 13.1. The summed E-state index contributed by atoms with van der Waals surface area (Å²) in [6.45, 7) is 4.64. The van der Waals surface area contributed by atoms with Crippen LogP contribution in [0.15, 0.2) is 53.6 Å². The summed E-state index contributed by atoms with van der Waals surface area (Å²) in [5, 5.41) is 1.67. The van der Waals surface area contributed by atoms with Gasteiger partial charge in [-0.2, -0.15) is 0 Å². The summed E-state index contributed by atoms with van der Waals surface area (Å²) in [5.74, 6) is 0.872. The molecule has 0 saturated heterocycles. The summed E-state index contributed by atoms with van der Waals surface area (Å²) in [4.78, 5) is 24.2. The first kappa shape index (κ1) is 17.0. The number of rotatable bonds is 3. The summed E-state index contributed by atoms with van der Waals surface area (Å²) in [6.07, 6.45) is 2.05. The number of para-hydroxylation sites is 2. The highest BCUT2D eigenvalue weighted by atomic mass is 32.2. The van der Waals surface area contributed by atoms with Gasteiger partial charge in [0, 0.05) is 17.6 Å². The highest BCUT2D eigenvalue weighted by Gasteiger charge is 2.27. The number of aromatic nitrogens is 2. The monoisotopic (exact) mass is 363 g/mol. The number of hydrogen-bond acceptors (Lipinski definition) is 4. The molecule has 0 aliphatic carbocycles. The SMILES string of the molecule is Cc1nc(SC(C)C(=O)N2CCCc3ccccc32)c2ccccc2n1. The molecule has 1 aromatic heterocycles. The summed E-state index contributed by atoms with van der Waals surface area (Å²) < 4.78 is 0. The van der Waals surface area contributed by atoms with E-state index < -0.39 is 0 Å². The summed E-state index contributed by atoms with van der Waals surface area (Å²) in [5.41, 5.74) is 3.23. The lowest BCUT2D eigenvalue weighted by Gasteiger charge is -2.31. The number of anilines is 1. The van der Waals surface area contributed by atoms with Gasteiger partial charge < -0.3 is 4.90 Å². The second-order valence-corrected chi connectivity index (χ2v) is 7.90. The van der Waals surface area contributed by atoms with Crippen LogP contribution in [0.3, 0.4) is 0 Å². The van der Waals surface area contributed by atoms with E-state index in [-0.39, 0.29) is 11.2 Å². The number of carbonyl (C=O) groups excluding carboxylic acids is 1. The van der Waals surface area contributed by atoms with Gasteiger partial charge in [0.25, 0.3) is 0 Å². The van der Waals surface area contributed by atoms with Crippen LogP contribution in [0.1, 0.15) is 24.7 Å². The molecule has 0 N–H and O–H groups in total. The maximum absolute atomic E-state index is 13.1. The number of aryl methyl sites for hydroxylation is 2. The van der Waals surface area contributed by atoms with Crippen molar-refractivity contribution in [1.82, 2.24) is 9.97 Å². The molecule has 132 valence electrons. The molecular weight excluding hydrogens is 342 g/mol. The van der Waals surface area contributed by atoms with Crippen LogP contribution >= 0.6 is 11.8 Å². The van der Waals surface area contributed by atoms with Gasteiger partial charge >= 0.3 is 0 Å². The van der Waals surface area contributed by atoms with Crippen LogP contribution in [-0.2, 0) is 11.2 Å². The fraction of sp³-hybridized carbons (Fsp3) is 0.286. The van der Waals surface area contributed by atoms with E-state index in [9.17, 15) is 4.79 Å². The van der Waals surface area contributed by atoms with Gasteiger partial charge in [-0.05, 0) is 44.4 Å². The lowest BCUT2D eigenvalue weighted by Crippen LogP contribution is -2.40. The molecule has 1 aliphatic rings. The predicted octanol–water partition coefficient (Wildman–Crippen LogP) is 4.40. The van der Waals surface area contributed by atoms with Gasteiger partial charge in [0.15, 0.2) is 0 Å². The van der Waals surface area contributed by atoms with Crippen molar-refractivity contribution in [2.24, 2.45) is 0 Å². The molecule has 2 heterocycles. The summed E-state index contributed by atoms with van der Waals surface area (Å²) in [6, 6.07) is 16.2. The van der Waals surface area contributed by atoms with Crippen molar-refractivity contribution in [3.8, 4) is 0 Å². The topological polar surface area (TPSA) is 46.1 Å². The second-order valence-electron chi connectivity index (χ2n) is 6.58. The van der Waals surface area contributed by atoms with E-state index in [1.54, 1.807) is 0 Å². The maximum Gasteiger partial charge on any atom is 0.240 e. The predicted molar refractivity (Wildman–Crippen MR) is 107 cm³/mol. The molecule has 4 rings (SSSR count). The van der Waals surface area contributed by atoms with Crippen molar-refractivity contribution in [2.75, 3.05) is 11.4 Å². The molecule has 4 nitrogen and oxygen atoms in total. The number of carbonyl (C=O) groups is 1. The van der Waals surface area contributed by atoms with E-state index in [0.717, 1.165) is 46.8 Å². The van der Waals surface area contributed by atoms with Crippen molar-refractivity contribution in [1.29, 1.82) is 0 Å². The van der Waals surface area contributed by atoms with Crippen molar-refractivity contribution in [3.63, 3.8) is 0 Å². The van der Waals surface area contributed by atoms with Crippen LogP contribution in [-0.4, -0.2) is 27.7 Å². The molecule has 2 aromatic carbocycles. The molecule has 5 heteroatoms. The van der Waals surface area contributed by atoms with E-state index >= 15 is 0 Å². The summed E-state index contributed by atoms with van der Waals surface area (Å²) in [7, 11) is 0. The minimum absolute atomic E-state index is 0.141. The van der Waals surface area contributed by atoms with Crippen molar-refractivity contribution >= 4 is 34.3 Å². The molecule has 0 fully saturated rings. The first-order chi connectivity index (χ1) is 12.6. The highest BCUT2D eigenvalue weighted by molar-refractivity contribution is 8.00. The molecule has 0 radical (unpaired) electrons. The van der Waals surface area contributed by atoms with Crippen molar-refractivity contribution < 1.29 is 4.79 Å². The highest BCUT2D eigenvalue weighted by Crippen LogP contribution is 2.32. The van der Waals surface area contributed by atoms with Crippen molar-refractivity contribution in [3.05, 3.63) is 59.9 Å². The molecule has 0 spiro atoms. The standard InChI is InChI=1S/C21H21N3OS/c1-14(21(25)24-13-7-9-16-8-3-6-12-19(16)24)26-20-17-10-4-5-11-18(17)22-15(2)23-20/h3-6,8,10-12,14H,7,9,13H2,1-2H3. The van der Waals surface area contributed by atoms with Gasteiger partial charge in [0.05, 0.1) is 10.8 Å². The third-order valence-electron chi connectivity index (χ3n) is 4.69. The summed E-state index contributed by atoms with van der Waals surface area (Å²) >= 11 is 1.52. The number of benzene rings is 2. The minimum atomic E-state index is -0.209. The van der Waals surface area contributed by atoms with Gasteiger partial charge in [-0.15, -0.1) is 0 Å². The molecule has 1 atom stereocenters. The second kappa shape index (κ2) is 7.08. The normalized spacial score (nSPS) is 14.9. The van der Waals surface area contributed by atoms with E-state index in [2.05, 4.69) is 16.0 Å². The van der Waals surface area contributed by atoms with E-state index in [1.165, 1.54) is 17.3 Å². The molecule has 0 bridgehead atoms. The molecule has 26 heavy (non-hydrogen) atoms. The van der Waals surface area contributed by atoms with Crippen LogP contribution in [0, 0.1) is 6.92 Å². The Morgan fingerprint density at radius 3 is 2.77 bits per heavy atom. The zero-order valence-electron chi connectivity index (χ0n) is 15.0. The third kappa shape index (κ3) is 3.19. The van der Waals surface area contributed by atoms with Gasteiger partial charge in [0.1, 0.15) is 10.9 Å². The third-order valence-corrected chi connectivity index (χ3v) is 5.78. The largest absolute Gasteiger partial charge is 0.311 e. The number of fused-ring (bicyclic) bond motifs is 2. The van der Waals surface area contributed by atoms with Crippen LogP contribution in [0.25, 0.3) is 10.9 Å². The molecule has 0 saturated carbocycles. The Labute approximate surface area is 157 Å². The Balaban J connectivity index is 1.62. The van der Waals surface area contributed by atoms with Crippen molar-refractivity contribution in [2.45, 2.75) is 37.0 Å². The molecule has 1 amide bonds. The van der Waals surface area contributed by atoms with Gasteiger partial charge in [-0.3, -0.25) is 4.79 Å². The van der Waals surface area contributed by atoms with Crippen LogP contribution < -0.4 is 4.90 Å². The Morgan fingerprint density at radius 2 is 1.88 bits per heavy atom. The Bertz CT molecular complexity index is 972. The lowest BCUT2D eigenvalue weighted by molar-refractivity contribution is -0.117. The number of thioether (sulfide) groups is 1. The Kier molecular flexibility index (Phi) is 4.64. The zero-order chi connectivity index (χ0) is 18.1. The quantitative estimate of drug-likeness (QED) is 0.511. The molecular formula is C21H21N3OS. The van der Waals surface area contributed by atoms with E-state index in [0.29, 0.717) is 0 Å². The van der Waals surface area contributed by atoms with Crippen LogP contribution in [0.2, 0.25) is 0 Å². The fourth-order valence-corrected chi connectivity index (χ4v) is 4.50. The van der Waals surface area contributed by atoms with Gasteiger partial charge in [-0.1, -0.05) is 48.2 Å². The van der Waals surface area contributed by atoms with E-state index in [1.807, 2.05) is 61.2 Å². The Hall–Kier alpha value is -2.40. The zero-order valence-corrected chi connectivity index (χ0v) is 15.8. The Morgan fingerprint density at radius 1 is 1.12 bits per heavy atom. The van der Waals surface area contributed by atoms with Gasteiger partial charge in [0.2, 0.25) is 5.91 Å². The number of nitrogens with zero attached hydrogens (tertiary/aromatic N) is 3. The molecule has 1 aliphatic heterocycles. The van der Waals surface area contributed by atoms with E-state index in [4.69, 9.17) is 0 Å². The minimum Gasteiger partial charge on any atom is -0.311 e. The van der Waals surface area contributed by atoms with Crippen LogP contribution in [0.5, 0.6) is 0 Å². The molecule has 3 aromatic rings.